The van der Waals surface area contributed by atoms with Gasteiger partial charge in [0.1, 0.15) is 11.7 Å². The summed E-state index contributed by atoms with van der Waals surface area (Å²) in [4.78, 5) is 37.9. The highest BCUT2D eigenvalue weighted by Crippen LogP contribution is 2.26. The minimum atomic E-state index is -0.612. The number of hydrogen-bond acceptors (Lipinski definition) is 6. The zero-order valence-electron chi connectivity index (χ0n) is 15.9. The van der Waals surface area contributed by atoms with Crippen LogP contribution in [0.25, 0.3) is 0 Å². The zero-order valence-corrected chi connectivity index (χ0v) is 16.7. The summed E-state index contributed by atoms with van der Waals surface area (Å²) in [5, 5.41) is 2.12. The Morgan fingerprint density at radius 1 is 1.15 bits per heavy atom. The van der Waals surface area contributed by atoms with E-state index in [0.717, 1.165) is 25.7 Å². The number of esters is 1. The van der Waals surface area contributed by atoms with Crippen molar-refractivity contribution < 1.29 is 23.9 Å². The Labute approximate surface area is 159 Å². The van der Waals surface area contributed by atoms with Crippen LogP contribution < -0.4 is 5.32 Å². The Bertz CT molecular complexity index is 514. The van der Waals surface area contributed by atoms with Crippen LogP contribution in [-0.2, 0) is 19.1 Å². The number of amides is 2. The number of nitrogens with zero attached hydrogens (tertiary/aromatic N) is 1. The van der Waals surface area contributed by atoms with Gasteiger partial charge in [0, 0.05) is 18.8 Å². The Morgan fingerprint density at radius 3 is 2.50 bits per heavy atom. The molecule has 0 radical (unpaired) electrons. The van der Waals surface area contributed by atoms with E-state index in [9.17, 15) is 14.4 Å². The minimum absolute atomic E-state index is 0.0278. The summed E-state index contributed by atoms with van der Waals surface area (Å²) < 4.78 is 10.8. The summed E-state index contributed by atoms with van der Waals surface area (Å²) in [7, 11) is 0. The van der Waals surface area contributed by atoms with E-state index in [2.05, 4.69) is 5.32 Å². The fourth-order valence-electron chi connectivity index (χ4n) is 3.00. The van der Waals surface area contributed by atoms with Gasteiger partial charge in [0.05, 0.1) is 6.42 Å². The molecule has 1 saturated heterocycles. The second-order valence-electron chi connectivity index (χ2n) is 7.69. The fraction of sp³-hybridized carbons (Fsp3) is 0.833. The Kier molecular flexibility index (Phi) is 7.61. The highest BCUT2D eigenvalue weighted by Gasteiger charge is 2.37. The molecule has 1 N–H and O–H groups in total. The molecule has 1 unspecified atom stereocenters. The van der Waals surface area contributed by atoms with Crippen LogP contribution in [0.4, 0.5) is 4.79 Å². The van der Waals surface area contributed by atoms with E-state index in [1.54, 1.807) is 20.8 Å². The van der Waals surface area contributed by atoms with Crippen LogP contribution in [0.3, 0.4) is 0 Å². The van der Waals surface area contributed by atoms with Gasteiger partial charge < -0.3 is 14.8 Å². The van der Waals surface area contributed by atoms with Crippen molar-refractivity contribution in [1.29, 1.82) is 0 Å². The Morgan fingerprint density at radius 2 is 1.85 bits per heavy atom. The van der Waals surface area contributed by atoms with Gasteiger partial charge in [-0.05, 0) is 46.5 Å². The van der Waals surface area contributed by atoms with Gasteiger partial charge in [-0.1, -0.05) is 6.42 Å². The van der Waals surface area contributed by atoms with E-state index in [1.807, 2.05) is 0 Å². The van der Waals surface area contributed by atoms with E-state index >= 15 is 0 Å². The topological polar surface area (TPSA) is 84.9 Å². The first-order chi connectivity index (χ1) is 12.3. The lowest BCUT2D eigenvalue weighted by molar-refractivity contribution is -0.150. The van der Waals surface area contributed by atoms with Crippen LogP contribution >= 0.6 is 11.8 Å². The van der Waals surface area contributed by atoms with Crippen molar-refractivity contribution in [1.82, 2.24) is 10.2 Å². The molecule has 2 aliphatic rings. The summed E-state index contributed by atoms with van der Waals surface area (Å²) in [6.07, 6.45) is 4.97. The monoisotopic (exact) mass is 386 g/mol. The number of nitrogens with one attached hydrogen (secondary N) is 1. The predicted molar refractivity (Wildman–Crippen MR) is 99.8 cm³/mol. The lowest BCUT2D eigenvalue weighted by Gasteiger charge is -2.27. The largest absolute Gasteiger partial charge is 0.462 e. The molecule has 1 aliphatic heterocycles. The van der Waals surface area contributed by atoms with Gasteiger partial charge >= 0.3 is 12.1 Å². The molecule has 0 aromatic carbocycles. The van der Waals surface area contributed by atoms with Gasteiger partial charge in [-0.2, -0.15) is 0 Å². The number of carbonyl (C=O) groups is 3. The highest BCUT2D eigenvalue weighted by atomic mass is 32.2. The first-order valence-corrected chi connectivity index (χ1v) is 10.4. The van der Waals surface area contributed by atoms with Crippen LogP contribution in [-0.4, -0.2) is 58.8 Å². The van der Waals surface area contributed by atoms with Crippen LogP contribution in [0.1, 0.15) is 59.3 Å². The minimum Gasteiger partial charge on any atom is -0.462 e. The lowest BCUT2D eigenvalue weighted by Crippen LogP contribution is -2.47. The Hall–Kier alpha value is -1.44. The first kappa shape index (κ1) is 20.9. The summed E-state index contributed by atoms with van der Waals surface area (Å²) >= 11 is 1.40. The van der Waals surface area contributed by atoms with Gasteiger partial charge in [-0.25, -0.2) is 4.79 Å². The third kappa shape index (κ3) is 6.70. The molecule has 1 atom stereocenters. The van der Waals surface area contributed by atoms with Crippen molar-refractivity contribution in [3.05, 3.63) is 0 Å². The maximum absolute atomic E-state index is 12.4. The molecule has 1 saturated carbocycles. The van der Waals surface area contributed by atoms with Crippen LogP contribution in [0.2, 0.25) is 0 Å². The van der Waals surface area contributed by atoms with Gasteiger partial charge in [0.2, 0.25) is 0 Å². The van der Waals surface area contributed by atoms with Crippen molar-refractivity contribution in [2.45, 2.75) is 76.4 Å². The molecule has 2 amide bonds. The highest BCUT2D eigenvalue weighted by molar-refractivity contribution is 8.00. The van der Waals surface area contributed by atoms with Crippen molar-refractivity contribution in [2.24, 2.45) is 0 Å². The second kappa shape index (κ2) is 9.48. The number of ether oxygens (including phenoxy) is 2. The normalized spacial score (nSPS) is 21.3. The number of thioether (sulfide) groups is 1. The third-order valence-corrected chi connectivity index (χ3v) is 5.42. The smallest absolute Gasteiger partial charge is 0.411 e. The van der Waals surface area contributed by atoms with Crippen molar-refractivity contribution in [2.75, 3.05) is 18.8 Å². The molecule has 0 aromatic heterocycles. The van der Waals surface area contributed by atoms with Crippen molar-refractivity contribution >= 4 is 29.7 Å². The van der Waals surface area contributed by atoms with Crippen LogP contribution in [0, 0.1) is 0 Å². The maximum Gasteiger partial charge on any atom is 0.411 e. The van der Waals surface area contributed by atoms with Crippen LogP contribution in [0.15, 0.2) is 0 Å². The maximum atomic E-state index is 12.4. The summed E-state index contributed by atoms with van der Waals surface area (Å²) in [6, 6.07) is 0. The summed E-state index contributed by atoms with van der Waals surface area (Å²) in [6.45, 7) is 6.06. The molecule has 1 aliphatic carbocycles. The van der Waals surface area contributed by atoms with Gasteiger partial charge in [0.15, 0.2) is 5.37 Å². The molecular weight excluding hydrogens is 356 g/mol. The standard InChI is InChI=1S/C18H30N2O5S/c1-18(2,3)25-17(23)20-11-12-26-16(20)15(22)19-10-9-14(21)24-13-7-5-4-6-8-13/h13,16H,4-12H2,1-3H3,(H,19,22). The summed E-state index contributed by atoms with van der Waals surface area (Å²) in [5.74, 6) is 0.130. The van der Waals surface area contributed by atoms with Gasteiger partial charge in [-0.15, -0.1) is 11.8 Å². The lowest BCUT2D eigenvalue weighted by atomic mass is 9.98. The molecule has 0 bridgehead atoms. The molecule has 2 fully saturated rings. The quantitative estimate of drug-likeness (QED) is 0.731. The number of hydrogen-bond donors (Lipinski definition) is 1. The molecule has 0 aromatic rings. The molecule has 2 rings (SSSR count). The molecule has 8 heteroatoms. The molecular formula is C18H30N2O5S. The first-order valence-electron chi connectivity index (χ1n) is 9.35. The van der Waals surface area contributed by atoms with Gasteiger partial charge in [0.25, 0.3) is 5.91 Å². The Balaban J connectivity index is 1.72. The molecule has 0 spiro atoms. The van der Waals surface area contributed by atoms with Crippen LogP contribution in [0.5, 0.6) is 0 Å². The molecule has 1 heterocycles. The fourth-order valence-corrected chi connectivity index (χ4v) is 4.13. The third-order valence-electron chi connectivity index (χ3n) is 4.22. The predicted octanol–water partition coefficient (Wildman–Crippen LogP) is 2.68. The van der Waals surface area contributed by atoms with E-state index in [-0.39, 0.29) is 30.9 Å². The average Bonchev–Trinajstić information content (AvgIpc) is 3.04. The number of carbonyl (C=O) groups excluding carboxylic acids is 3. The number of rotatable bonds is 5. The molecule has 26 heavy (non-hydrogen) atoms. The van der Waals surface area contributed by atoms with Crippen molar-refractivity contribution in [3.8, 4) is 0 Å². The van der Waals surface area contributed by atoms with E-state index in [0.29, 0.717) is 12.3 Å². The molecule has 7 nitrogen and oxygen atoms in total. The van der Waals surface area contributed by atoms with Gasteiger partial charge in [-0.3, -0.25) is 14.5 Å². The second-order valence-corrected chi connectivity index (χ2v) is 8.88. The molecule has 148 valence electrons. The SMILES string of the molecule is CC(C)(C)OC(=O)N1CCSC1C(=O)NCCC(=O)OC1CCCCC1. The van der Waals surface area contributed by atoms with E-state index < -0.39 is 17.1 Å². The summed E-state index contributed by atoms with van der Waals surface area (Å²) in [5.41, 5.74) is -0.603. The van der Waals surface area contributed by atoms with E-state index in [4.69, 9.17) is 9.47 Å². The zero-order chi connectivity index (χ0) is 19.2. The van der Waals surface area contributed by atoms with Crippen molar-refractivity contribution in [3.63, 3.8) is 0 Å². The van der Waals surface area contributed by atoms with E-state index in [1.165, 1.54) is 23.1 Å². The average molecular weight is 387 g/mol.